The summed E-state index contributed by atoms with van der Waals surface area (Å²) in [4.78, 5) is 6.23. The van der Waals surface area contributed by atoms with Gasteiger partial charge in [0.25, 0.3) is 0 Å². The molecule has 6 heteroatoms. The predicted octanol–water partition coefficient (Wildman–Crippen LogP) is 8.03. The number of hydrogen-bond donors (Lipinski definition) is 0. The molecule has 0 N–H and O–H groups in total. The standard InChI is InChI=1S/C17H33BrNSi.CH3.2ClH.Ti/c1-11-12(2)14(4)17(13(11)3)20(5,6)19-16-9-7-15(18)8-10-16;;;;/h11-17H,7-10H2,1-6H3;1H3;2*1H;/q2*-1;;;+2/p-2. The molecule has 4 atom stereocenters. The van der Waals surface area contributed by atoms with E-state index in [-0.39, 0.29) is 7.43 Å². The van der Waals surface area contributed by atoms with Crippen molar-refractivity contribution in [2.45, 2.75) is 82.9 Å². The third-order valence-electron chi connectivity index (χ3n) is 6.58. The quantitative estimate of drug-likeness (QED) is 0.215. The third kappa shape index (κ3) is 6.84. The van der Waals surface area contributed by atoms with Crippen LogP contribution in [0, 0.1) is 31.1 Å². The molecule has 2 rings (SSSR count). The number of rotatable bonds is 3. The van der Waals surface area contributed by atoms with E-state index in [0.29, 0.717) is 6.04 Å². The van der Waals surface area contributed by atoms with Gasteiger partial charge in [-0.3, -0.25) is 0 Å². The first kappa shape index (κ1) is 26.0. The summed E-state index contributed by atoms with van der Waals surface area (Å²) in [6.07, 6.45) is 5.27. The van der Waals surface area contributed by atoms with Crippen LogP contribution < -0.4 is 0 Å². The van der Waals surface area contributed by atoms with Crippen LogP contribution in [0.15, 0.2) is 0 Å². The summed E-state index contributed by atoms with van der Waals surface area (Å²) in [5, 5.41) is 0. The molecule has 144 valence electrons. The Morgan fingerprint density at radius 1 is 0.875 bits per heavy atom. The van der Waals surface area contributed by atoms with Crippen LogP contribution >= 0.6 is 34.5 Å². The zero-order valence-electron chi connectivity index (χ0n) is 16.5. The van der Waals surface area contributed by atoms with Gasteiger partial charge >= 0.3 is 35.6 Å². The van der Waals surface area contributed by atoms with Gasteiger partial charge in [0.1, 0.15) is 0 Å². The number of alkyl halides is 1. The van der Waals surface area contributed by atoms with Crippen molar-refractivity contribution in [1.29, 1.82) is 0 Å². The molecule has 2 saturated carbocycles. The number of nitrogens with zero attached hydrogens (tertiary/aromatic N) is 1. The van der Waals surface area contributed by atoms with Gasteiger partial charge in [0, 0.05) is 4.83 Å². The Morgan fingerprint density at radius 2 is 1.25 bits per heavy atom. The van der Waals surface area contributed by atoms with E-state index in [9.17, 15) is 0 Å². The van der Waals surface area contributed by atoms with Crippen LogP contribution in [0.1, 0.15) is 53.4 Å². The maximum atomic E-state index is 5.47. The topological polar surface area (TPSA) is 14.1 Å². The fourth-order valence-corrected chi connectivity index (χ4v) is 10.2. The number of hydrogen-bond acceptors (Lipinski definition) is 0. The van der Waals surface area contributed by atoms with Gasteiger partial charge in [-0.1, -0.05) is 83.3 Å². The summed E-state index contributed by atoms with van der Waals surface area (Å²) in [5.41, 5.74) is 0.884. The molecule has 24 heavy (non-hydrogen) atoms. The normalized spacial score (nSPS) is 39.5. The summed E-state index contributed by atoms with van der Waals surface area (Å²) in [6.45, 7) is 15.0. The summed E-state index contributed by atoms with van der Waals surface area (Å²) >= 11 is 3.21. The summed E-state index contributed by atoms with van der Waals surface area (Å²) in [6, 6.07) is 0.663. The van der Waals surface area contributed by atoms with Gasteiger partial charge < -0.3 is 12.4 Å². The van der Waals surface area contributed by atoms with Crippen LogP contribution in [0.2, 0.25) is 18.6 Å². The van der Waals surface area contributed by atoms with Gasteiger partial charge in [-0.2, -0.15) is 0 Å². The molecule has 0 radical (unpaired) electrons. The Kier molecular flexibility index (Phi) is 12.7. The first-order valence-electron chi connectivity index (χ1n) is 8.98. The Hall–Kier alpha value is 1.95. The molecular formula is C18H36BrCl2NSiTi-2. The third-order valence-corrected chi connectivity index (χ3v) is 11.2. The molecule has 0 saturated heterocycles. The molecule has 2 aliphatic rings. The zero-order chi connectivity index (χ0) is 17.8. The van der Waals surface area contributed by atoms with Crippen LogP contribution in [0.25, 0.3) is 4.98 Å². The van der Waals surface area contributed by atoms with Crippen LogP contribution in [0.4, 0.5) is 0 Å². The van der Waals surface area contributed by atoms with E-state index in [2.05, 4.69) is 56.7 Å². The Morgan fingerprint density at radius 3 is 1.62 bits per heavy atom. The first-order valence-corrected chi connectivity index (χ1v) is 17.2. The maximum absolute atomic E-state index is 5.47. The SMILES string of the molecule is CC1C(C)C(C)C([Si](C)(C)[N-]C2CCC(Br)CC2)C1C.[CH3-].[Cl][Ti][Cl]. The molecule has 1 nitrogen and oxygen atoms in total. The van der Waals surface area contributed by atoms with Crippen LogP contribution in [-0.4, -0.2) is 19.1 Å². The molecular weight excluding hydrogens is 457 g/mol. The van der Waals surface area contributed by atoms with Crippen molar-refractivity contribution in [3.05, 3.63) is 12.4 Å². The monoisotopic (exact) mass is 491 g/mol. The molecule has 0 aromatic rings. The van der Waals surface area contributed by atoms with Gasteiger partial charge in [-0.25, -0.2) is 0 Å². The molecule has 0 aromatic carbocycles. The molecule has 0 aromatic heterocycles. The zero-order valence-corrected chi connectivity index (χ0v) is 22.1. The average molecular weight is 493 g/mol. The van der Waals surface area contributed by atoms with Crippen molar-refractivity contribution in [2.24, 2.45) is 23.7 Å². The van der Waals surface area contributed by atoms with Crippen molar-refractivity contribution in [1.82, 2.24) is 0 Å². The first-order chi connectivity index (χ1) is 10.7. The fraction of sp³-hybridized carbons (Fsp3) is 0.944. The molecule has 2 fully saturated rings. The Bertz CT molecular complexity index is 340. The minimum absolute atomic E-state index is 0. The molecule has 2 aliphatic carbocycles. The fourth-order valence-electron chi connectivity index (χ4n) is 5.10. The van der Waals surface area contributed by atoms with Crippen molar-refractivity contribution < 1.29 is 17.0 Å². The van der Waals surface area contributed by atoms with E-state index in [4.69, 9.17) is 23.6 Å². The number of halogens is 3. The van der Waals surface area contributed by atoms with Gasteiger partial charge in [0.05, 0.1) is 0 Å². The van der Waals surface area contributed by atoms with Crippen LogP contribution in [0.5, 0.6) is 0 Å². The average Bonchev–Trinajstić information content (AvgIpc) is 2.66. The van der Waals surface area contributed by atoms with E-state index in [0.717, 1.165) is 34.0 Å². The second kappa shape index (κ2) is 11.7. The van der Waals surface area contributed by atoms with Crippen LogP contribution in [0.3, 0.4) is 0 Å². The molecule has 0 aliphatic heterocycles. The molecule has 0 amide bonds. The van der Waals surface area contributed by atoms with E-state index >= 15 is 0 Å². The Labute approximate surface area is 177 Å². The van der Waals surface area contributed by atoms with Crippen molar-refractivity contribution in [3.8, 4) is 0 Å². The summed E-state index contributed by atoms with van der Waals surface area (Å²) < 4.78 is 0. The molecule has 4 unspecified atom stereocenters. The van der Waals surface area contributed by atoms with Crippen LogP contribution in [-0.2, 0) is 17.0 Å². The van der Waals surface area contributed by atoms with Crippen molar-refractivity contribution in [2.75, 3.05) is 0 Å². The molecule has 0 spiro atoms. The second-order valence-electron chi connectivity index (χ2n) is 8.22. The molecule has 0 bridgehead atoms. The predicted molar refractivity (Wildman–Crippen MR) is 114 cm³/mol. The molecule has 0 heterocycles. The van der Waals surface area contributed by atoms with Crippen molar-refractivity contribution in [3.63, 3.8) is 0 Å². The summed E-state index contributed by atoms with van der Waals surface area (Å²) in [7, 11) is 8.30. The van der Waals surface area contributed by atoms with Gasteiger partial charge in [-0.05, 0) is 36.5 Å². The van der Waals surface area contributed by atoms with E-state index < -0.39 is 25.3 Å². The van der Waals surface area contributed by atoms with Gasteiger partial charge in [0.15, 0.2) is 0 Å². The van der Waals surface area contributed by atoms with E-state index in [1.807, 2.05) is 0 Å². The van der Waals surface area contributed by atoms with E-state index in [1.54, 1.807) is 0 Å². The van der Waals surface area contributed by atoms with Crippen molar-refractivity contribution >= 4 is 42.8 Å². The van der Waals surface area contributed by atoms with Gasteiger partial charge in [0.2, 0.25) is 0 Å². The minimum atomic E-state index is -1.48. The second-order valence-corrected chi connectivity index (χ2v) is 16.3. The van der Waals surface area contributed by atoms with Gasteiger partial charge in [-0.15, -0.1) is 6.04 Å². The summed E-state index contributed by atoms with van der Waals surface area (Å²) in [5.74, 6) is 3.46. The van der Waals surface area contributed by atoms with E-state index in [1.165, 1.54) is 25.7 Å². The Balaban J connectivity index is 0.00000123.